The summed E-state index contributed by atoms with van der Waals surface area (Å²) in [4.78, 5) is 4.17. The van der Waals surface area contributed by atoms with Crippen LogP contribution in [0.4, 0.5) is 8.78 Å². The Balaban J connectivity index is 2.40. The second-order valence-corrected chi connectivity index (χ2v) is 4.33. The van der Waals surface area contributed by atoms with Gasteiger partial charge in [-0.1, -0.05) is 0 Å². The first-order chi connectivity index (χ1) is 7.58. The molecular weight excluding hydrogens is 210 g/mol. The van der Waals surface area contributed by atoms with Crippen LogP contribution in [0, 0.1) is 11.6 Å². The molecule has 86 valence electrons. The SMILES string of the molecule is C[NH+](C)CCc1c[nH]c2c(F)cc(F)cc12. The smallest absolute Gasteiger partial charge is 0.150 e. The van der Waals surface area contributed by atoms with Gasteiger partial charge in [0.2, 0.25) is 0 Å². The molecule has 0 amide bonds. The normalized spacial score (nSPS) is 11.6. The summed E-state index contributed by atoms with van der Waals surface area (Å²) >= 11 is 0. The summed E-state index contributed by atoms with van der Waals surface area (Å²) < 4.78 is 26.5. The van der Waals surface area contributed by atoms with Crippen molar-refractivity contribution in [1.82, 2.24) is 4.98 Å². The maximum Gasteiger partial charge on any atom is 0.150 e. The lowest BCUT2D eigenvalue weighted by Gasteiger charge is -2.05. The number of aromatic amines is 1. The van der Waals surface area contributed by atoms with Crippen molar-refractivity contribution in [3.8, 4) is 0 Å². The van der Waals surface area contributed by atoms with Gasteiger partial charge in [-0.05, 0) is 11.6 Å². The molecule has 0 atom stereocenters. The molecule has 0 saturated heterocycles. The Morgan fingerprint density at radius 1 is 1.25 bits per heavy atom. The standard InChI is InChI=1S/C12H14F2N2/c1-16(2)4-3-8-7-15-12-10(8)5-9(13)6-11(12)14/h5-7,15H,3-4H2,1-2H3/p+1. The highest BCUT2D eigenvalue weighted by atomic mass is 19.1. The number of H-pyrrole nitrogens is 1. The second-order valence-electron chi connectivity index (χ2n) is 4.33. The summed E-state index contributed by atoms with van der Waals surface area (Å²) in [6.45, 7) is 0.936. The molecule has 0 spiro atoms. The number of hydrogen-bond acceptors (Lipinski definition) is 0. The Bertz CT molecular complexity index is 503. The lowest BCUT2D eigenvalue weighted by molar-refractivity contribution is -0.858. The van der Waals surface area contributed by atoms with E-state index < -0.39 is 11.6 Å². The first-order valence-corrected chi connectivity index (χ1v) is 5.32. The molecule has 0 aliphatic heterocycles. The van der Waals surface area contributed by atoms with Gasteiger partial charge >= 0.3 is 0 Å². The zero-order valence-corrected chi connectivity index (χ0v) is 9.40. The van der Waals surface area contributed by atoms with Gasteiger partial charge in [-0.15, -0.1) is 0 Å². The minimum absolute atomic E-state index is 0.394. The molecule has 0 aliphatic carbocycles. The monoisotopic (exact) mass is 225 g/mol. The van der Waals surface area contributed by atoms with Crippen LogP contribution in [0.1, 0.15) is 5.56 Å². The fourth-order valence-electron chi connectivity index (χ4n) is 1.80. The maximum absolute atomic E-state index is 13.4. The zero-order valence-electron chi connectivity index (χ0n) is 9.40. The Kier molecular flexibility index (Phi) is 2.92. The zero-order chi connectivity index (χ0) is 11.7. The summed E-state index contributed by atoms with van der Waals surface area (Å²) in [6.07, 6.45) is 2.57. The number of quaternary nitrogens is 1. The van der Waals surface area contributed by atoms with E-state index in [1.54, 1.807) is 6.20 Å². The second kappa shape index (κ2) is 4.22. The predicted octanol–water partition coefficient (Wildman–Crippen LogP) is 1.13. The van der Waals surface area contributed by atoms with Crippen LogP contribution in [0.3, 0.4) is 0 Å². The summed E-state index contributed by atoms with van der Waals surface area (Å²) in [5.41, 5.74) is 1.36. The molecule has 1 aromatic heterocycles. The summed E-state index contributed by atoms with van der Waals surface area (Å²) in [7, 11) is 4.10. The molecule has 0 saturated carbocycles. The average Bonchev–Trinajstić information content (AvgIpc) is 2.58. The third-order valence-electron chi connectivity index (χ3n) is 2.69. The van der Waals surface area contributed by atoms with Crippen molar-refractivity contribution in [2.45, 2.75) is 6.42 Å². The highest BCUT2D eigenvalue weighted by Crippen LogP contribution is 2.22. The lowest BCUT2D eigenvalue weighted by atomic mass is 10.1. The van der Waals surface area contributed by atoms with Gasteiger partial charge in [0.15, 0.2) is 0 Å². The van der Waals surface area contributed by atoms with Gasteiger partial charge < -0.3 is 9.88 Å². The van der Waals surface area contributed by atoms with Crippen LogP contribution < -0.4 is 4.90 Å². The van der Waals surface area contributed by atoms with E-state index in [9.17, 15) is 8.78 Å². The van der Waals surface area contributed by atoms with Gasteiger partial charge in [0.1, 0.15) is 11.6 Å². The molecular formula is C12H15F2N2+. The molecule has 16 heavy (non-hydrogen) atoms. The van der Waals surface area contributed by atoms with Crippen LogP contribution in [0.15, 0.2) is 18.3 Å². The Morgan fingerprint density at radius 3 is 2.69 bits per heavy atom. The molecule has 0 bridgehead atoms. The third-order valence-corrected chi connectivity index (χ3v) is 2.69. The lowest BCUT2D eigenvalue weighted by Crippen LogP contribution is -3.05. The minimum Gasteiger partial charge on any atom is -0.359 e. The molecule has 0 unspecified atom stereocenters. The fourth-order valence-corrected chi connectivity index (χ4v) is 1.80. The summed E-state index contributed by atoms with van der Waals surface area (Å²) in [5, 5.41) is 0.652. The molecule has 0 aliphatic rings. The van der Waals surface area contributed by atoms with Crippen molar-refractivity contribution in [3.63, 3.8) is 0 Å². The largest absolute Gasteiger partial charge is 0.359 e. The Hall–Kier alpha value is -1.42. The van der Waals surface area contributed by atoms with Crippen LogP contribution in [-0.2, 0) is 6.42 Å². The van der Waals surface area contributed by atoms with Crippen molar-refractivity contribution in [3.05, 3.63) is 35.5 Å². The van der Waals surface area contributed by atoms with Gasteiger partial charge in [-0.25, -0.2) is 8.78 Å². The number of hydrogen-bond donors (Lipinski definition) is 2. The molecule has 2 aromatic rings. The third kappa shape index (κ3) is 2.07. The van der Waals surface area contributed by atoms with Crippen molar-refractivity contribution in [2.24, 2.45) is 0 Å². The van der Waals surface area contributed by atoms with E-state index in [0.29, 0.717) is 10.9 Å². The van der Waals surface area contributed by atoms with Gasteiger partial charge in [0.25, 0.3) is 0 Å². The molecule has 1 heterocycles. The quantitative estimate of drug-likeness (QED) is 0.781. The highest BCUT2D eigenvalue weighted by Gasteiger charge is 2.10. The molecule has 2 rings (SSSR count). The predicted molar refractivity (Wildman–Crippen MR) is 59.6 cm³/mol. The van der Waals surface area contributed by atoms with Gasteiger partial charge in [-0.3, -0.25) is 0 Å². The maximum atomic E-state index is 13.4. The van der Waals surface area contributed by atoms with Crippen LogP contribution in [0.25, 0.3) is 10.9 Å². The average molecular weight is 225 g/mol. The number of benzene rings is 1. The molecule has 0 fully saturated rings. The van der Waals surface area contributed by atoms with Crippen molar-refractivity contribution in [2.75, 3.05) is 20.6 Å². The number of fused-ring (bicyclic) bond motifs is 1. The highest BCUT2D eigenvalue weighted by molar-refractivity contribution is 5.83. The van der Waals surface area contributed by atoms with Crippen LogP contribution in [-0.4, -0.2) is 25.6 Å². The number of nitrogens with one attached hydrogen (secondary N) is 2. The van der Waals surface area contributed by atoms with E-state index in [-0.39, 0.29) is 0 Å². The van der Waals surface area contributed by atoms with Gasteiger partial charge in [0, 0.05) is 24.1 Å². The van der Waals surface area contributed by atoms with Crippen molar-refractivity contribution < 1.29 is 13.7 Å². The van der Waals surface area contributed by atoms with E-state index in [1.165, 1.54) is 11.0 Å². The molecule has 2 nitrogen and oxygen atoms in total. The first-order valence-electron chi connectivity index (χ1n) is 5.32. The fraction of sp³-hybridized carbons (Fsp3) is 0.333. The van der Waals surface area contributed by atoms with Crippen molar-refractivity contribution >= 4 is 10.9 Å². The minimum atomic E-state index is -0.529. The Morgan fingerprint density at radius 2 is 2.00 bits per heavy atom. The first kappa shape index (κ1) is 11.1. The van der Waals surface area contributed by atoms with E-state index in [2.05, 4.69) is 19.1 Å². The topological polar surface area (TPSA) is 20.2 Å². The van der Waals surface area contributed by atoms with E-state index in [1.807, 2.05) is 0 Å². The number of halogens is 2. The molecule has 1 aromatic carbocycles. The molecule has 0 radical (unpaired) electrons. The number of rotatable bonds is 3. The van der Waals surface area contributed by atoms with Gasteiger partial charge in [0.05, 0.1) is 26.2 Å². The summed E-state index contributed by atoms with van der Waals surface area (Å²) in [6, 6.07) is 2.29. The molecule has 4 heteroatoms. The van der Waals surface area contributed by atoms with E-state index >= 15 is 0 Å². The van der Waals surface area contributed by atoms with Gasteiger partial charge in [-0.2, -0.15) is 0 Å². The van der Waals surface area contributed by atoms with E-state index in [4.69, 9.17) is 0 Å². The number of likely N-dealkylation sites (N-methyl/N-ethyl adjacent to an activating group) is 1. The Labute approximate surface area is 92.9 Å². The van der Waals surface area contributed by atoms with Crippen molar-refractivity contribution in [1.29, 1.82) is 0 Å². The summed E-state index contributed by atoms with van der Waals surface area (Å²) in [5.74, 6) is -1.05. The molecule has 2 N–H and O–H groups in total. The van der Waals surface area contributed by atoms with E-state index in [0.717, 1.165) is 24.6 Å². The van der Waals surface area contributed by atoms with Crippen LogP contribution in [0.5, 0.6) is 0 Å². The van der Waals surface area contributed by atoms with Crippen LogP contribution in [0.2, 0.25) is 0 Å². The van der Waals surface area contributed by atoms with Crippen LogP contribution >= 0.6 is 0 Å². The number of aromatic nitrogens is 1.